The summed E-state index contributed by atoms with van der Waals surface area (Å²) >= 11 is 0. The first-order chi connectivity index (χ1) is 10.9. The Kier molecular flexibility index (Phi) is 7.67. The zero-order valence-electron chi connectivity index (χ0n) is 15.3. The smallest absolute Gasteiger partial charge is 0.444 e. The van der Waals surface area contributed by atoms with E-state index in [0.29, 0.717) is 0 Å². The maximum atomic E-state index is 13.1. The third-order valence-electron chi connectivity index (χ3n) is 2.28. The third kappa shape index (κ3) is 10.1. The van der Waals surface area contributed by atoms with Gasteiger partial charge in [-0.05, 0) is 48.5 Å². The first kappa shape index (κ1) is 23.4. The van der Waals surface area contributed by atoms with E-state index in [1.54, 1.807) is 20.8 Å². The van der Waals surface area contributed by atoms with Crippen LogP contribution in [0.25, 0.3) is 0 Å². The molecule has 0 radical (unpaired) electrons. The Morgan fingerprint density at radius 2 is 1.52 bits per heavy atom. The maximum absolute atomic E-state index is 13.1. The van der Waals surface area contributed by atoms with Crippen LogP contribution in [0.2, 0.25) is 0 Å². The van der Waals surface area contributed by atoms with Gasteiger partial charge in [-0.1, -0.05) is 0 Å². The van der Waals surface area contributed by atoms with Crippen molar-refractivity contribution in [1.29, 1.82) is 0 Å². The zero-order valence-corrected chi connectivity index (χ0v) is 15.3. The molecule has 0 bridgehead atoms. The first-order valence-electron chi connectivity index (χ1n) is 7.45. The highest BCUT2D eigenvalue weighted by Gasteiger charge is 2.45. The summed E-state index contributed by atoms with van der Waals surface area (Å²) in [7, 11) is 0. The fourth-order valence-electron chi connectivity index (χ4n) is 1.47. The third-order valence-corrected chi connectivity index (χ3v) is 2.28. The molecule has 0 saturated carbocycles. The van der Waals surface area contributed by atoms with Gasteiger partial charge in [-0.15, -0.1) is 13.2 Å². The number of hydrogen-bond donors (Lipinski definition) is 3. The standard InChI is InChI=1S/C14H26F3N3O5/c1-8(18-10(22)24-12(2,3)4)9(21)20(14(15,16)17)19-11(23)25-13(5,6)7/h8,11,19,23H,1-7H3,(H,18,22)/t8-,11?/m0/s1. The summed E-state index contributed by atoms with van der Waals surface area (Å²) in [4.78, 5) is 23.6. The van der Waals surface area contributed by atoms with E-state index >= 15 is 0 Å². The Morgan fingerprint density at radius 3 is 1.88 bits per heavy atom. The van der Waals surface area contributed by atoms with E-state index in [0.717, 1.165) is 6.92 Å². The average molecular weight is 373 g/mol. The van der Waals surface area contributed by atoms with Gasteiger partial charge in [-0.25, -0.2) is 4.79 Å². The van der Waals surface area contributed by atoms with E-state index in [1.165, 1.54) is 26.2 Å². The number of hydrogen-bond acceptors (Lipinski definition) is 6. The van der Waals surface area contributed by atoms with Gasteiger partial charge in [0.25, 0.3) is 5.91 Å². The van der Waals surface area contributed by atoms with Crippen molar-refractivity contribution in [3.05, 3.63) is 0 Å². The van der Waals surface area contributed by atoms with Crippen LogP contribution in [0.1, 0.15) is 48.5 Å². The van der Waals surface area contributed by atoms with Gasteiger partial charge < -0.3 is 19.9 Å². The molecule has 3 N–H and O–H groups in total. The summed E-state index contributed by atoms with van der Waals surface area (Å²) < 4.78 is 48.9. The van der Waals surface area contributed by atoms with E-state index < -0.39 is 47.0 Å². The molecule has 0 saturated heterocycles. The van der Waals surface area contributed by atoms with E-state index in [4.69, 9.17) is 9.47 Å². The molecule has 8 nitrogen and oxygen atoms in total. The number of nitrogens with one attached hydrogen (secondary N) is 2. The highest BCUT2D eigenvalue weighted by atomic mass is 19.4. The van der Waals surface area contributed by atoms with Crippen LogP contribution < -0.4 is 10.7 Å². The molecule has 0 aliphatic carbocycles. The molecule has 2 atom stereocenters. The first-order valence-corrected chi connectivity index (χ1v) is 7.45. The summed E-state index contributed by atoms with van der Waals surface area (Å²) in [5.74, 6) is -1.56. The second-order valence-corrected chi connectivity index (χ2v) is 7.22. The van der Waals surface area contributed by atoms with Gasteiger partial charge in [0.2, 0.25) is 6.41 Å². The molecule has 0 aromatic carbocycles. The van der Waals surface area contributed by atoms with Gasteiger partial charge in [-0.3, -0.25) is 4.79 Å². The van der Waals surface area contributed by atoms with Crippen LogP contribution in [0.5, 0.6) is 0 Å². The Hall–Kier alpha value is -1.59. The monoisotopic (exact) mass is 373 g/mol. The Labute approximate surface area is 144 Å². The average Bonchev–Trinajstić information content (AvgIpc) is 2.28. The number of alkyl halides is 3. The summed E-state index contributed by atoms with van der Waals surface area (Å²) in [6.07, 6.45) is -8.32. The van der Waals surface area contributed by atoms with Crippen LogP contribution >= 0.6 is 0 Å². The van der Waals surface area contributed by atoms with Gasteiger partial charge in [-0.2, -0.15) is 10.4 Å². The van der Waals surface area contributed by atoms with Gasteiger partial charge in [0, 0.05) is 0 Å². The molecule has 1 unspecified atom stereocenters. The number of halogens is 3. The van der Waals surface area contributed by atoms with Gasteiger partial charge in [0.05, 0.1) is 5.60 Å². The maximum Gasteiger partial charge on any atom is 0.501 e. The second kappa shape index (κ2) is 8.19. The Morgan fingerprint density at radius 1 is 1.04 bits per heavy atom. The fourth-order valence-corrected chi connectivity index (χ4v) is 1.47. The van der Waals surface area contributed by atoms with Crippen LogP contribution in [0.15, 0.2) is 0 Å². The fraction of sp³-hybridized carbons (Fsp3) is 0.857. The summed E-state index contributed by atoms with van der Waals surface area (Å²) in [5.41, 5.74) is -0.333. The van der Waals surface area contributed by atoms with Crippen molar-refractivity contribution in [3.63, 3.8) is 0 Å². The summed E-state index contributed by atoms with van der Waals surface area (Å²) in [6, 6.07) is -1.58. The molecule has 0 spiro atoms. The number of aliphatic hydroxyl groups excluding tert-OH is 1. The van der Waals surface area contributed by atoms with Crippen LogP contribution in [-0.4, -0.2) is 52.1 Å². The van der Waals surface area contributed by atoms with Crippen molar-refractivity contribution in [2.75, 3.05) is 0 Å². The van der Waals surface area contributed by atoms with Crippen LogP contribution in [-0.2, 0) is 14.3 Å². The molecular weight excluding hydrogens is 347 g/mol. The highest BCUT2D eigenvalue weighted by Crippen LogP contribution is 2.21. The number of nitrogens with zero attached hydrogens (tertiary/aromatic N) is 1. The van der Waals surface area contributed by atoms with Crippen molar-refractivity contribution >= 4 is 12.0 Å². The van der Waals surface area contributed by atoms with E-state index in [1.807, 2.05) is 5.32 Å². The summed E-state index contributed by atoms with van der Waals surface area (Å²) in [5, 5.41) is 10.8. The number of ether oxygens (including phenoxy) is 2. The molecule has 0 heterocycles. The number of amides is 2. The number of carbonyl (C=O) groups is 2. The minimum absolute atomic E-state index is 0.758. The molecule has 0 aliphatic heterocycles. The molecule has 11 heteroatoms. The molecule has 0 aromatic heterocycles. The second-order valence-electron chi connectivity index (χ2n) is 7.22. The molecule has 0 aromatic rings. The normalized spacial score (nSPS) is 15.3. The molecule has 148 valence electrons. The van der Waals surface area contributed by atoms with Gasteiger partial charge >= 0.3 is 12.4 Å². The lowest BCUT2D eigenvalue weighted by atomic mass is 10.2. The minimum atomic E-state index is -5.16. The molecule has 25 heavy (non-hydrogen) atoms. The number of carbonyl (C=O) groups excluding carboxylic acids is 2. The predicted octanol–water partition coefficient (Wildman–Crippen LogP) is 1.84. The number of alkyl carbamates (subject to hydrolysis) is 1. The molecule has 0 fully saturated rings. The van der Waals surface area contributed by atoms with Gasteiger partial charge in [0.1, 0.15) is 11.6 Å². The van der Waals surface area contributed by atoms with Crippen molar-refractivity contribution in [2.45, 2.75) is 78.4 Å². The number of aliphatic hydroxyl groups is 1. The molecule has 0 rings (SSSR count). The van der Waals surface area contributed by atoms with Crippen LogP contribution in [0.4, 0.5) is 18.0 Å². The van der Waals surface area contributed by atoms with Crippen molar-refractivity contribution in [1.82, 2.24) is 15.8 Å². The lowest BCUT2D eigenvalue weighted by Crippen LogP contribution is -2.61. The van der Waals surface area contributed by atoms with Crippen molar-refractivity contribution < 1.29 is 37.3 Å². The Balaban J connectivity index is 5.04. The lowest BCUT2D eigenvalue weighted by Gasteiger charge is -2.32. The molecule has 0 aliphatic rings. The molecular formula is C14H26F3N3O5. The van der Waals surface area contributed by atoms with Crippen LogP contribution in [0.3, 0.4) is 0 Å². The topological polar surface area (TPSA) is 100 Å². The summed E-state index contributed by atoms with van der Waals surface area (Å²) in [6.45, 7) is 10.2. The zero-order chi connectivity index (χ0) is 20.2. The van der Waals surface area contributed by atoms with E-state index in [9.17, 15) is 27.9 Å². The van der Waals surface area contributed by atoms with Crippen molar-refractivity contribution in [3.8, 4) is 0 Å². The van der Waals surface area contributed by atoms with Crippen LogP contribution in [0, 0.1) is 0 Å². The van der Waals surface area contributed by atoms with E-state index in [2.05, 4.69) is 0 Å². The largest absolute Gasteiger partial charge is 0.501 e. The SMILES string of the molecule is C[C@H](NC(=O)OC(C)(C)C)C(=O)N(NC(O)OC(C)(C)C)C(F)(F)F. The Bertz CT molecular complexity index is 472. The number of hydrazine groups is 1. The minimum Gasteiger partial charge on any atom is -0.444 e. The quantitative estimate of drug-likeness (QED) is 0.386. The lowest BCUT2D eigenvalue weighted by molar-refractivity contribution is -0.294. The predicted molar refractivity (Wildman–Crippen MR) is 81.7 cm³/mol. The van der Waals surface area contributed by atoms with Crippen molar-refractivity contribution in [2.24, 2.45) is 0 Å². The molecule has 2 amide bonds. The highest BCUT2D eigenvalue weighted by molar-refractivity contribution is 5.85. The number of rotatable bonds is 5. The van der Waals surface area contributed by atoms with E-state index in [-0.39, 0.29) is 0 Å². The van der Waals surface area contributed by atoms with Gasteiger partial charge in [0.15, 0.2) is 0 Å².